The van der Waals surface area contributed by atoms with E-state index in [1.807, 2.05) is 30.3 Å². The molecule has 0 aromatic heterocycles. The van der Waals surface area contributed by atoms with Crippen LogP contribution in [0.1, 0.15) is 24.8 Å². The minimum absolute atomic E-state index is 0.129. The van der Waals surface area contributed by atoms with Crippen LogP contribution in [0.25, 0.3) is 10.4 Å². The summed E-state index contributed by atoms with van der Waals surface area (Å²) in [4.78, 5) is 13.8. The molecule has 1 aliphatic carbocycles. The van der Waals surface area contributed by atoms with Gasteiger partial charge < -0.3 is 4.74 Å². The molecule has 5 nitrogen and oxygen atoms in total. The molecule has 106 valence electrons. The molecule has 2 unspecified atom stereocenters. The smallest absolute Gasteiger partial charge is 0.398 e. The van der Waals surface area contributed by atoms with Crippen molar-refractivity contribution in [2.45, 2.75) is 25.4 Å². The highest BCUT2D eigenvalue weighted by Gasteiger charge is 2.23. The van der Waals surface area contributed by atoms with Gasteiger partial charge in [0.1, 0.15) is 0 Å². The van der Waals surface area contributed by atoms with Crippen LogP contribution >= 0.6 is 0 Å². The van der Waals surface area contributed by atoms with Crippen molar-refractivity contribution >= 4 is 6.09 Å². The molecule has 2 rings (SSSR count). The van der Waals surface area contributed by atoms with Crippen molar-refractivity contribution in [3.05, 3.63) is 58.5 Å². The summed E-state index contributed by atoms with van der Waals surface area (Å²) in [5.74, 6) is 6.12. The Labute approximate surface area is 123 Å². The molecule has 0 spiro atoms. The quantitative estimate of drug-likeness (QED) is 0.268. The fourth-order valence-corrected chi connectivity index (χ4v) is 2.18. The summed E-state index contributed by atoms with van der Waals surface area (Å²) >= 11 is 0. The van der Waals surface area contributed by atoms with Crippen LogP contribution in [0.15, 0.2) is 47.6 Å². The highest BCUT2D eigenvalue weighted by Crippen LogP contribution is 2.24. The second kappa shape index (κ2) is 7.78. The van der Waals surface area contributed by atoms with Gasteiger partial charge in [0.15, 0.2) is 6.10 Å². The predicted octanol–water partition coefficient (Wildman–Crippen LogP) is 4.21. The molecule has 0 radical (unpaired) electrons. The molecular formula is C16H15N3O2. The zero-order valence-electron chi connectivity index (χ0n) is 11.5. The minimum Gasteiger partial charge on any atom is -0.444 e. The van der Waals surface area contributed by atoms with Crippen LogP contribution in [0.4, 0.5) is 4.79 Å². The van der Waals surface area contributed by atoms with Crippen LogP contribution in [-0.2, 0) is 4.74 Å². The molecule has 0 fully saturated rings. The molecule has 2 atom stereocenters. The Balaban J connectivity index is 2.15. The fourth-order valence-electron chi connectivity index (χ4n) is 2.18. The number of benzene rings is 1. The van der Waals surface area contributed by atoms with E-state index in [1.54, 1.807) is 0 Å². The highest BCUT2D eigenvalue weighted by molar-refractivity contribution is 5.68. The van der Waals surface area contributed by atoms with Gasteiger partial charge in [-0.15, -0.1) is 0 Å². The number of allylic oxidation sites excluding steroid dienone is 2. The lowest BCUT2D eigenvalue weighted by molar-refractivity contribution is 0.0986. The van der Waals surface area contributed by atoms with Gasteiger partial charge in [0, 0.05) is 21.5 Å². The van der Waals surface area contributed by atoms with Crippen molar-refractivity contribution in [3.8, 4) is 11.8 Å². The molecule has 21 heavy (non-hydrogen) atoms. The fraction of sp³-hybridized carbons (Fsp3) is 0.312. The van der Waals surface area contributed by atoms with E-state index in [4.69, 9.17) is 10.3 Å². The maximum absolute atomic E-state index is 11.4. The molecule has 0 heterocycles. The molecule has 0 saturated carbocycles. The topological polar surface area (TPSA) is 75.1 Å². The summed E-state index contributed by atoms with van der Waals surface area (Å²) in [6, 6.07) is 9.49. The maximum Gasteiger partial charge on any atom is 0.398 e. The van der Waals surface area contributed by atoms with Crippen LogP contribution in [0.3, 0.4) is 0 Å². The normalized spacial score (nSPS) is 17.8. The Morgan fingerprint density at radius 1 is 1.38 bits per heavy atom. The van der Waals surface area contributed by atoms with Crippen molar-refractivity contribution < 1.29 is 9.53 Å². The third-order valence-electron chi connectivity index (χ3n) is 3.22. The Kier molecular flexibility index (Phi) is 5.45. The highest BCUT2D eigenvalue weighted by atomic mass is 16.6. The van der Waals surface area contributed by atoms with E-state index in [-0.39, 0.29) is 5.92 Å². The molecule has 1 aromatic rings. The molecule has 5 heteroatoms. The van der Waals surface area contributed by atoms with Crippen LogP contribution < -0.4 is 0 Å². The van der Waals surface area contributed by atoms with Gasteiger partial charge in [-0.25, -0.2) is 4.79 Å². The zero-order valence-corrected chi connectivity index (χ0v) is 11.5. The molecule has 0 bridgehead atoms. The first-order valence-electron chi connectivity index (χ1n) is 6.77. The summed E-state index contributed by atoms with van der Waals surface area (Å²) in [5, 5.41) is 2.95. The first-order chi connectivity index (χ1) is 10.3. The Morgan fingerprint density at radius 2 is 2.19 bits per heavy atom. The van der Waals surface area contributed by atoms with Crippen LogP contribution in [0, 0.1) is 17.8 Å². The first kappa shape index (κ1) is 14.7. The molecular weight excluding hydrogens is 266 g/mol. The molecule has 0 aliphatic heterocycles. The van der Waals surface area contributed by atoms with Gasteiger partial charge in [-0.3, -0.25) is 0 Å². The van der Waals surface area contributed by atoms with Gasteiger partial charge >= 0.3 is 6.09 Å². The molecule has 0 saturated heterocycles. The monoisotopic (exact) mass is 281 g/mol. The predicted molar refractivity (Wildman–Crippen MR) is 79.2 cm³/mol. The second-order valence-corrected chi connectivity index (χ2v) is 4.67. The van der Waals surface area contributed by atoms with Crippen molar-refractivity contribution in [2.75, 3.05) is 0 Å². The lowest BCUT2D eigenvalue weighted by atomic mass is 9.89. The van der Waals surface area contributed by atoms with Crippen LogP contribution in [-0.4, -0.2) is 12.2 Å². The Hall–Kier alpha value is -2.70. The van der Waals surface area contributed by atoms with E-state index in [0.29, 0.717) is 0 Å². The Morgan fingerprint density at radius 3 is 2.86 bits per heavy atom. The third kappa shape index (κ3) is 4.72. The SMILES string of the molecule is [N-]=[N+]=NC(=O)OC(C#Cc1ccccc1)C1CC=CCC1. The summed E-state index contributed by atoms with van der Waals surface area (Å²) in [7, 11) is 0. The van der Waals surface area contributed by atoms with E-state index >= 15 is 0 Å². The number of rotatable bonds is 2. The molecule has 1 amide bonds. The Bertz CT molecular complexity index is 622. The van der Waals surface area contributed by atoms with Gasteiger partial charge in [0.05, 0.1) is 0 Å². The van der Waals surface area contributed by atoms with E-state index < -0.39 is 12.2 Å². The number of carbonyl (C=O) groups is 1. The van der Waals surface area contributed by atoms with E-state index in [0.717, 1.165) is 24.8 Å². The number of azide groups is 1. The van der Waals surface area contributed by atoms with E-state index in [9.17, 15) is 4.79 Å². The molecule has 1 aliphatic rings. The van der Waals surface area contributed by atoms with Gasteiger partial charge in [-0.05, 0) is 36.9 Å². The lowest BCUT2D eigenvalue weighted by Crippen LogP contribution is -2.25. The van der Waals surface area contributed by atoms with E-state index in [2.05, 4.69) is 34.0 Å². The third-order valence-corrected chi connectivity index (χ3v) is 3.22. The summed E-state index contributed by atoms with van der Waals surface area (Å²) in [6.07, 6.45) is 5.31. The summed E-state index contributed by atoms with van der Waals surface area (Å²) in [5.41, 5.74) is 9.13. The number of carbonyl (C=O) groups excluding carboxylic acids is 1. The zero-order chi connectivity index (χ0) is 14.9. The second-order valence-electron chi connectivity index (χ2n) is 4.67. The number of ether oxygens (including phenoxy) is 1. The summed E-state index contributed by atoms with van der Waals surface area (Å²) in [6.45, 7) is 0. The average molecular weight is 281 g/mol. The van der Waals surface area contributed by atoms with Crippen molar-refractivity contribution in [2.24, 2.45) is 11.0 Å². The van der Waals surface area contributed by atoms with Crippen molar-refractivity contribution in [3.63, 3.8) is 0 Å². The van der Waals surface area contributed by atoms with Gasteiger partial charge in [0.2, 0.25) is 0 Å². The first-order valence-corrected chi connectivity index (χ1v) is 6.77. The largest absolute Gasteiger partial charge is 0.444 e. The van der Waals surface area contributed by atoms with Crippen LogP contribution in [0.5, 0.6) is 0 Å². The van der Waals surface area contributed by atoms with Gasteiger partial charge in [0.25, 0.3) is 0 Å². The lowest BCUT2D eigenvalue weighted by Gasteiger charge is -2.23. The van der Waals surface area contributed by atoms with E-state index in [1.165, 1.54) is 0 Å². The maximum atomic E-state index is 11.4. The molecule has 1 aromatic carbocycles. The van der Waals surface area contributed by atoms with Gasteiger partial charge in [-0.1, -0.05) is 42.2 Å². The van der Waals surface area contributed by atoms with Crippen molar-refractivity contribution in [1.82, 2.24) is 0 Å². The number of amides is 1. The standard InChI is InChI=1S/C16H15N3O2/c17-19-18-16(20)21-15(14-9-5-2-6-10-14)12-11-13-7-3-1-4-8-13/h1-5,7-8,14-15H,6,9-10H2. The average Bonchev–Trinajstić information content (AvgIpc) is 2.53. The number of hydrogen-bond donors (Lipinski definition) is 0. The van der Waals surface area contributed by atoms with Crippen molar-refractivity contribution in [1.29, 1.82) is 0 Å². The van der Waals surface area contributed by atoms with Gasteiger partial charge in [-0.2, -0.15) is 0 Å². The molecule has 0 N–H and O–H groups in total. The van der Waals surface area contributed by atoms with Crippen LogP contribution in [0.2, 0.25) is 0 Å². The number of nitrogens with zero attached hydrogens (tertiary/aromatic N) is 3. The minimum atomic E-state index is -0.931. The number of hydrogen-bond acceptors (Lipinski definition) is 2. The summed E-state index contributed by atoms with van der Waals surface area (Å²) < 4.78 is 5.19.